The molecule has 0 bridgehead atoms. The summed E-state index contributed by atoms with van der Waals surface area (Å²) >= 11 is 1.32. The molecule has 0 aliphatic heterocycles. The summed E-state index contributed by atoms with van der Waals surface area (Å²) in [4.78, 5) is 27.6. The molecule has 0 aliphatic carbocycles. The third-order valence-corrected chi connectivity index (χ3v) is 5.30. The third-order valence-electron chi connectivity index (χ3n) is 4.20. The van der Waals surface area contributed by atoms with Gasteiger partial charge in [0, 0.05) is 18.5 Å². The van der Waals surface area contributed by atoms with Gasteiger partial charge in [-0.2, -0.15) is 5.10 Å². The number of nitrogens with zero attached hydrogens (tertiary/aromatic N) is 3. The van der Waals surface area contributed by atoms with Crippen LogP contribution in [0.2, 0.25) is 0 Å². The Kier molecular flexibility index (Phi) is 5.55. The van der Waals surface area contributed by atoms with E-state index in [0.29, 0.717) is 18.0 Å². The zero-order valence-corrected chi connectivity index (χ0v) is 16.3. The summed E-state index contributed by atoms with van der Waals surface area (Å²) in [6, 6.07) is 7.86. The number of amides is 2. The van der Waals surface area contributed by atoms with Crippen LogP contribution in [-0.4, -0.2) is 46.1 Å². The summed E-state index contributed by atoms with van der Waals surface area (Å²) in [5, 5.41) is 8.09. The van der Waals surface area contributed by atoms with Crippen LogP contribution in [0, 0.1) is 12.7 Å². The topological polar surface area (TPSA) is 67.2 Å². The summed E-state index contributed by atoms with van der Waals surface area (Å²) in [6.07, 6.45) is 0. The first-order valence-electron chi connectivity index (χ1n) is 8.75. The number of hydrogen-bond acceptors (Lipinski definition) is 4. The third kappa shape index (κ3) is 3.85. The molecule has 2 heterocycles. The van der Waals surface area contributed by atoms with Crippen molar-refractivity contribution in [2.24, 2.45) is 0 Å². The van der Waals surface area contributed by atoms with E-state index in [1.807, 2.05) is 26.8 Å². The van der Waals surface area contributed by atoms with Gasteiger partial charge in [0.25, 0.3) is 5.91 Å². The first-order chi connectivity index (χ1) is 12.9. The van der Waals surface area contributed by atoms with Gasteiger partial charge in [-0.3, -0.25) is 9.59 Å². The molecule has 142 valence electrons. The first kappa shape index (κ1) is 19.0. The lowest BCUT2D eigenvalue weighted by molar-refractivity contribution is -0.121. The Balaban J connectivity index is 1.94. The van der Waals surface area contributed by atoms with Crippen LogP contribution in [-0.2, 0) is 4.79 Å². The molecule has 0 saturated carbocycles. The molecule has 2 amide bonds. The molecule has 8 heteroatoms. The molecule has 0 aliphatic rings. The standard InChI is InChI=1S/C19H21FN4O2S/c1-4-21-17(25)11-23(5-2)18(26)16-10-15-12(3)22-24(19(15)27-16)14-8-6-13(20)7-9-14/h6-10H,4-5,11H2,1-3H3,(H,21,25). The van der Waals surface area contributed by atoms with Crippen LogP contribution in [0.15, 0.2) is 30.3 Å². The quantitative estimate of drug-likeness (QED) is 0.705. The predicted molar refractivity (Wildman–Crippen MR) is 104 cm³/mol. The van der Waals surface area contributed by atoms with Gasteiger partial charge in [0.1, 0.15) is 10.6 Å². The molecule has 6 nitrogen and oxygen atoms in total. The molecule has 1 aromatic carbocycles. The van der Waals surface area contributed by atoms with Gasteiger partial charge >= 0.3 is 0 Å². The fourth-order valence-electron chi connectivity index (χ4n) is 2.82. The molecule has 0 radical (unpaired) electrons. The van der Waals surface area contributed by atoms with Crippen molar-refractivity contribution >= 4 is 33.4 Å². The fraction of sp³-hybridized carbons (Fsp3) is 0.316. The molecule has 0 unspecified atom stereocenters. The van der Waals surface area contributed by atoms with Crippen LogP contribution in [0.25, 0.3) is 15.9 Å². The van der Waals surface area contributed by atoms with Crippen molar-refractivity contribution in [3.05, 3.63) is 46.7 Å². The molecule has 3 rings (SSSR count). The zero-order chi connectivity index (χ0) is 19.6. The molecule has 0 fully saturated rings. The molecule has 0 atom stereocenters. The van der Waals surface area contributed by atoms with Crippen molar-refractivity contribution in [2.75, 3.05) is 19.6 Å². The molecule has 2 aromatic heterocycles. The van der Waals surface area contributed by atoms with Gasteiger partial charge in [-0.15, -0.1) is 11.3 Å². The number of rotatable bonds is 6. The number of fused-ring (bicyclic) bond motifs is 1. The highest BCUT2D eigenvalue weighted by Crippen LogP contribution is 2.31. The van der Waals surface area contributed by atoms with Crippen LogP contribution >= 0.6 is 11.3 Å². The molecular weight excluding hydrogens is 367 g/mol. The fourth-order valence-corrected chi connectivity index (χ4v) is 3.97. The highest BCUT2D eigenvalue weighted by molar-refractivity contribution is 7.20. The molecule has 1 N–H and O–H groups in total. The van der Waals surface area contributed by atoms with Crippen molar-refractivity contribution in [3.8, 4) is 5.69 Å². The van der Waals surface area contributed by atoms with Crippen molar-refractivity contribution in [2.45, 2.75) is 20.8 Å². The van der Waals surface area contributed by atoms with Crippen LogP contribution in [0.5, 0.6) is 0 Å². The maximum Gasteiger partial charge on any atom is 0.264 e. The number of benzene rings is 1. The molecule has 0 saturated heterocycles. The number of carbonyl (C=O) groups excluding carboxylic acids is 2. The number of aryl methyl sites for hydroxylation is 1. The van der Waals surface area contributed by atoms with Crippen LogP contribution in [0.4, 0.5) is 4.39 Å². The van der Waals surface area contributed by atoms with Gasteiger partial charge < -0.3 is 10.2 Å². The molecular formula is C19H21FN4O2S. The second kappa shape index (κ2) is 7.87. The lowest BCUT2D eigenvalue weighted by Gasteiger charge is -2.19. The molecule has 0 spiro atoms. The van der Waals surface area contributed by atoms with Crippen LogP contribution in [0.3, 0.4) is 0 Å². The number of hydrogen-bond donors (Lipinski definition) is 1. The van der Waals surface area contributed by atoms with E-state index >= 15 is 0 Å². The van der Waals surface area contributed by atoms with Crippen molar-refractivity contribution in [3.63, 3.8) is 0 Å². The monoisotopic (exact) mass is 388 g/mol. The van der Waals surface area contributed by atoms with Gasteiger partial charge in [0.2, 0.25) is 5.91 Å². The average molecular weight is 388 g/mol. The second-order valence-corrected chi connectivity index (χ2v) is 7.11. The van der Waals surface area contributed by atoms with Gasteiger partial charge in [-0.1, -0.05) is 0 Å². The summed E-state index contributed by atoms with van der Waals surface area (Å²) < 4.78 is 14.9. The molecule has 27 heavy (non-hydrogen) atoms. The smallest absolute Gasteiger partial charge is 0.264 e. The summed E-state index contributed by atoms with van der Waals surface area (Å²) in [5.74, 6) is -0.678. The number of nitrogens with one attached hydrogen (secondary N) is 1. The minimum absolute atomic E-state index is 0.0283. The van der Waals surface area contributed by atoms with Crippen LogP contribution in [0.1, 0.15) is 29.2 Å². The van der Waals surface area contributed by atoms with E-state index in [2.05, 4.69) is 10.4 Å². The lowest BCUT2D eigenvalue weighted by atomic mass is 10.3. The number of thiophene rings is 1. The minimum atomic E-state index is -0.315. The maximum atomic E-state index is 13.2. The number of likely N-dealkylation sites (N-methyl/N-ethyl adjacent to an activating group) is 2. The van der Waals surface area contributed by atoms with Crippen LogP contribution < -0.4 is 5.32 Å². The minimum Gasteiger partial charge on any atom is -0.355 e. The van der Waals surface area contributed by atoms with Crippen molar-refractivity contribution in [1.29, 1.82) is 0 Å². The zero-order valence-electron chi connectivity index (χ0n) is 15.5. The van der Waals surface area contributed by atoms with Gasteiger partial charge in [0.05, 0.1) is 22.8 Å². The first-order valence-corrected chi connectivity index (χ1v) is 9.57. The summed E-state index contributed by atoms with van der Waals surface area (Å²) in [7, 11) is 0. The van der Waals surface area contributed by atoms with E-state index in [1.54, 1.807) is 16.8 Å². The van der Waals surface area contributed by atoms with E-state index in [4.69, 9.17) is 0 Å². The van der Waals surface area contributed by atoms with E-state index in [9.17, 15) is 14.0 Å². The Morgan fingerprint density at radius 2 is 1.96 bits per heavy atom. The second-order valence-electron chi connectivity index (χ2n) is 6.08. The van der Waals surface area contributed by atoms with Crippen molar-refractivity contribution < 1.29 is 14.0 Å². The van der Waals surface area contributed by atoms with Gasteiger partial charge in [-0.05, 0) is 51.1 Å². The Labute approximate surface area is 160 Å². The Hall–Kier alpha value is -2.74. The predicted octanol–water partition coefficient (Wildman–Crippen LogP) is 3.13. The lowest BCUT2D eigenvalue weighted by Crippen LogP contribution is -2.40. The maximum absolute atomic E-state index is 13.2. The average Bonchev–Trinajstić information content (AvgIpc) is 3.21. The van der Waals surface area contributed by atoms with Gasteiger partial charge in [0.15, 0.2) is 0 Å². The largest absolute Gasteiger partial charge is 0.355 e. The molecule has 3 aromatic rings. The van der Waals surface area contributed by atoms with E-state index in [1.165, 1.54) is 28.4 Å². The van der Waals surface area contributed by atoms with E-state index in [-0.39, 0.29) is 24.2 Å². The summed E-state index contributed by atoms with van der Waals surface area (Å²) in [5.41, 5.74) is 1.52. The Bertz CT molecular complexity index is 978. The normalized spacial score (nSPS) is 11.0. The Morgan fingerprint density at radius 3 is 2.59 bits per heavy atom. The highest BCUT2D eigenvalue weighted by atomic mass is 32.1. The van der Waals surface area contributed by atoms with Gasteiger partial charge in [-0.25, -0.2) is 9.07 Å². The Morgan fingerprint density at radius 1 is 1.26 bits per heavy atom. The SMILES string of the molecule is CCNC(=O)CN(CC)C(=O)c1cc2c(C)nn(-c3ccc(F)cc3)c2s1. The number of aromatic nitrogens is 2. The highest BCUT2D eigenvalue weighted by Gasteiger charge is 2.22. The van der Waals surface area contributed by atoms with E-state index in [0.717, 1.165) is 21.6 Å². The number of halogens is 1. The number of carbonyl (C=O) groups is 2. The van der Waals surface area contributed by atoms with E-state index < -0.39 is 0 Å². The summed E-state index contributed by atoms with van der Waals surface area (Å²) in [6.45, 7) is 6.55. The van der Waals surface area contributed by atoms with Crippen molar-refractivity contribution in [1.82, 2.24) is 20.0 Å².